The minimum Gasteiger partial charge on any atom is -0.493 e. The molecule has 2 aliphatic heterocycles. The molecule has 32 heavy (non-hydrogen) atoms. The Morgan fingerprint density at radius 2 is 1.97 bits per heavy atom. The topological polar surface area (TPSA) is 55.2 Å². The van der Waals surface area contributed by atoms with Crippen molar-refractivity contribution in [3.63, 3.8) is 0 Å². The van der Waals surface area contributed by atoms with Crippen LogP contribution in [-0.2, 0) is 0 Å². The molecule has 9 heteroatoms. The van der Waals surface area contributed by atoms with E-state index in [1.54, 1.807) is 42.3 Å². The fraction of sp³-hybridized carbons (Fsp3) is 0.217. The summed E-state index contributed by atoms with van der Waals surface area (Å²) in [6.07, 6.45) is 0.429. The van der Waals surface area contributed by atoms with Crippen LogP contribution in [0.5, 0.6) is 11.5 Å². The first-order valence-electron chi connectivity index (χ1n) is 9.87. The van der Waals surface area contributed by atoms with E-state index in [2.05, 4.69) is 15.9 Å². The van der Waals surface area contributed by atoms with Gasteiger partial charge in [-0.2, -0.15) is 0 Å². The molecule has 164 valence electrons. The number of halogens is 2. The number of amides is 1. The second-order valence-electron chi connectivity index (χ2n) is 7.75. The number of hydrogen-bond donors (Lipinski definition) is 0. The van der Waals surface area contributed by atoms with Crippen LogP contribution in [0.4, 0.5) is 10.1 Å². The number of fused-ring (bicyclic) bond motifs is 4. The maximum absolute atomic E-state index is 13.6. The van der Waals surface area contributed by atoms with E-state index < -0.39 is 11.8 Å². The normalized spacial score (nSPS) is 21.8. The van der Waals surface area contributed by atoms with Crippen LogP contribution in [-0.4, -0.2) is 28.8 Å². The van der Waals surface area contributed by atoms with Gasteiger partial charge in [0.25, 0.3) is 5.91 Å². The Morgan fingerprint density at radius 3 is 2.62 bits per heavy atom. The third-order valence-corrected chi connectivity index (χ3v) is 6.56. The van der Waals surface area contributed by atoms with Crippen molar-refractivity contribution in [2.45, 2.75) is 25.1 Å². The van der Waals surface area contributed by atoms with Crippen LogP contribution in [0.25, 0.3) is 0 Å². The first kappa shape index (κ1) is 21.0. The molecule has 1 amide bonds. The van der Waals surface area contributed by atoms with Crippen molar-refractivity contribution in [2.24, 2.45) is 0 Å². The molecule has 0 radical (unpaired) electrons. The number of para-hydroxylation sites is 1. The Hall–Kier alpha value is -2.91. The Labute approximate surface area is 197 Å². The molecule has 2 aromatic carbocycles. The number of thiocarbonyl (C=S) groups is 1. The molecule has 1 fully saturated rings. The van der Waals surface area contributed by atoms with Gasteiger partial charge in [-0.15, -0.1) is 0 Å². The molecular weight excluding hydrogens is 499 g/mol. The first-order valence-corrected chi connectivity index (χ1v) is 11.1. The summed E-state index contributed by atoms with van der Waals surface area (Å²) < 4.78 is 31.6. The molecular formula is C23H18BrFN2O4S. The van der Waals surface area contributed by atoms with Gasteiger partial charge in [0.2, 0.25) is 0 Å². The highest BCUT2D eigenvalue weighted by Crippen LogP contribution is 2.52. The standard InChI is InChI=1S/C23H18BrFN2O4S/c1-23-12-16(15-4-3-5-17(29-2)20(15)31-23)26(21(28)18-10-11-19(24)30-18)22(32)27(23)14-8-6-13(25)7-9-14/h3-11,16H,12H2,1-2H3/t16-,23-/m0/s1. The van der Waals surface area contributed by atoms with Crippen molar-refractivity contribution in [2.75, 3.05) is 12.0 Å². The Bertz CT molecular complexity index is 1230. The van der Waals surface area contributed by atoms with Crippen molar-refractivity contribution < 1.29 is 23.1 Å². The van der Waals surface area contributed by atoms with Crippen molar-refractivity contribution in [3.05, 3.63) is 76.4 Å². The van der Waals surface area contributed by atoms with E-state index in [-0.39, 0.29) is 22.6 Å². The number of rotatable bonds is 3. The third kappa shape index (κ3) is 3.18. The van der Waals surface area contributed by atoms with Crippen LogP contribution in [0, 0.1) is 5.82 Å². The van der Waals surface area contributed by atoms with Crippen LogP contribution < -0.4 is 14.4 Å². The molecule has 0 unspecified atom stereocenters. The molecule has 6 nitrogen and oxygen atoms in total. The van der Waals surface area contributed by atoms with Crippen LogP contribution >= 0.6 is 28.1 Å². The molecule has 2 aliphatic rings. The SMILES string of the molecule is COc1cccc2c1O[C@@]1(C)C[C@@H]2N(C(=O)c2ccc(Br)o2)C(=S)N1c1ccc(F)cc1. The number of nitrogens with zero attached hydrogens (tertiary/aromatic N) is 2. The van der Waals surface area contributed by atoms with Crippen molar-refractivity contribution >= 4 is 44.9 Å². The van der Waals surface area contributed by atoms with E-state index >= 15 is 0 Å². The van der Waals surface area contributed by atoms with Crippen molar-refractivity contribution in [1.82, 2.24) is 4.90 Å². The minimum absolute atomic E-state index is 0.151. The maximum atomic E-state index is 13.6. The number of hydrogen-bond acceptors (Lipinski definition) is 5. The summed E-state index contributed by atoms with van der Waals surface area (Å²) in [5.41, 5.74) is 0.470. The van der Waals surface area contributed by atoms with Gasteiger partial charge < -0.3 is 13.9 Å². The molecule has 5 rings (SSSR count). The highest BCUT2D eigenvalue weighted by atomic mass is 79.9. The van der Waals surface area contributed by atoms with Crippen molar-refractivity contribution in [3.8, 4) is 11.5 Å². The number of methoxy groups -OCH3 is 1. The maximum Gasteiger partial charge on any atom is 0.296 e. The second kappa shape index (κ2) is 7.60. The lowest BCUT2D eigenvalue weighted by atomic mass is 9.88. The van der Waals surface area contributed by atoms with Crippen molar-refractivity contribution in [1.29, 1.82) is 0 Å². The zero-order valence-corrected chi connectivity index (χ0v) is 19.6. The molecule has 0 saturated carbocycles. The Balaban J connectivity index is 1.70. The summed E-state index contributed by atoms with van der Waals surface area (Å²) in [4.78, 5) is 16.9. The number of furan rings is 1. The lowest BCUT2D eigenvalue weighted by Crippen LogP contribution is -2.67. The largest absolute Gasteiger partial charge is 0.493 e. The number of carbonyl (C=O) groups is 1. The summed E-state index contributed by atoms with van der Waals surface area (Å²) in [7, 11) is 1.57. The van der Waals surface area contributed by atoms with E-state index in [9.17, 15) is 9.18 Å². The van der Waals surface area contributed by atoms with Crippen LogP contribution in [0.3, 0.4) is 0 Å². The van der Waals surface area contributed by atoms with Gasteiger partial charge in [0, 0.05) is 17.7 Å². The van der Waals surface area contributed by atoms with Crippen LogP contribution in [0.1, 0.15) is 35.5 Å². The molecule has 2 atom stereocenters. The average Bonchev–Trinajstić information content (AvgIpc) is 3.20. The molecule has 3 aromatic rings. The number of benzene rings is 2. The Morgan fingerprint density at radius 1 is 1.22 bits per heavy atom. The summed E-state index contributed by atoms with van der Waals surface area (Å²) in [6, 6.07) is 14.3. The highest BCUT2D eigenvalue weighted by molar-refractivity contribution is 9.10. The molecule has 0 aliphatic carbocycles. The van der Waals surface area contributed by atoms with Gasteiger partial charge >= 0.3 is 0 Å². The predicted octanol–water partition coefficient (Wildman–Crippen LogP) is 5.68. The van der Waals surface area contributed by atoms with Gasteiger partial charge in [-0.3, -0.25) is 14.6 Å². The van der Waals surface area contributed by atoms with Crippen LogP contribution in [0.15, 0.2) is 63.7 Å². The lowest BCUT2D eigenvalue weighted by molar-refractivity contribution is 0.0152. The smallest absolute Gasteiger partial charge is 0.296 e. The fourth-order valence-corrected chi connectivity index (χ4v) is 5.17. The summed E-state index contributed by atoms with van der Waals surface area (Å²) >= 11 is 9.08. The summed E-state index contributed by atoms with van der Waals surface area (Å²) in [5, 5.41) is 0.237. The third-order valence-electron chi connectivity index (χ3n) is 5.75. The van der Waals surface area contributed by atoms with Crippen LogP contribution in [0.2, 0.25) is 0 Å². The average molecular weight is 517 g/mol. The quantitative estimate of drug-likeness (QED) is 0.417. The van der Waals surface area contributed by atoms with Gasteiger partial charge in [-0.1, -0.05) is 12.1 Å². The second-order valence-corrected chi connectivity index (χ2v) is 8.90. The molecule has 0 N–H and O–H groups in total. The van der Waals surface area contributed by atoms with E-state index in [0.29, 0.717) is 28.3 Å². The fourth-order valence-electron chi connectivity index (χ4n) is 4.36. The van der Waals surface area contributed by atoms with E-state index in [1.165, 1.54) is 17.0 Å². The minimum atomic E-state index is -0.929. The van der Waals surface area contributed by atoms with E-state index in [1.807, 2.05) is 19.1 Å². The van der Waals surface area contributed by atoms with Gasteiger partial charge in [0.1, 0.15) is 5.82 Å². The summed E-state index contributed by atoms with van der Waals surface area (Å²) in [5.74, 6) is 0.498. The van der Waals surface area contributed by atoms with E-state index in [4.69, 9.17) is 26.1 Å². The number of carbonyl (C=O) groups excluding carboxylic acids is 1. The van der Waals surface area contributed by atoms with Gasteiger partial charge in [-0.05, 0) is 77.5 Å². The zero-order valence-electron chi connectivity index (χ0n) is 17.2. The van der Waals surface area contributed by atoms with Gasteiger partial charge in [0.05, 0.1) is 13.2 Å². The predicted molar refractivity (Wildman–Crippen MR) is 123 cm³/mol. The monoisotopic (exact) mass is 516 g/mol. The summed E-state index contributed by atoms with van der Waals surface area (Å²) in [6.45, 7) is 1.90. The molecule has 2 bridgehead atoms. The molecule has 1 aromatic heterocycles. The zero-order chi connectivity index (χ0) is 22.6. The van der Waals surface area contributed by atoms with Gasteiger partial charge in [0.15, 0.2) is 32.8 Å². The van der Waals surface area contributed by atoms with Gasteiger partial charge in [-0.25, -0.2) is 4.39 Å². The molecule has 3 heterocycles. The lowest BCUT2D eigenvalue weighted by Gasteiger charge is -2.55. The highest BCUT2D eigenvalue weighted by Gasteiger charge is 2.54. The van der Waals surface area contributed by atoms with E-state index in [0.717, 1.165) is 5.56 Å². The molecule has 0 spiro atoms. The first-order chi connectivity index (χ1) is 15.3. The Kier molecular flexibility index (Phi) is 4.98. The number of anilines is 1. The molecule has 1 saturated heterocycles. The number of ether oxygens (including phenoxy) is 2.